The number of carbonyl (C=O) groups excluding carboxylic acids is 2. The number of carbonyl (C=O) groups is 2. The van der Waals surface area contributed by atoms with E-state index < -0.39 is 35.6 Å². The van der Waals surface area contributed by atoms with Crippen LogP contribution in [0.2, 0.25) is 0 Å². The molecule has 1 aliphatic rings. The number of furan rings is 1. The molecule has 36 heavy (non-hydrogen) atoms. The van der Waals surface area contributed by atoms with E-state index in [1.54, 1.807) is 43.3 Å². The summed E-state index contributed by atoms with van der Waals surface area (Å²) in [5, 5.41) is 12.8. The molecule has 1 amide bonds. The van der Waals surface area contributed by atoms with Crippen molar-refractivity contribution in [3.63, 3.8) is 0 Å². The topological polar surface area (TPSA) is 80.0 Å². The van der Waals surface area contributed by atoms with E-state index >= 15 is 0 Å². The Kier molecular flexibility index (Phi) is 5.55. The lowest BCUT2D eigenvalue weighted by atomic mass is 9.96. The molecule has 0 aliphatic carbocycles. The Bertz CT molecular complexity index is 1530. The fraction of sp³-hybridized carbons (Fsp3) is 0.111. The van der Waals surface area contributed by atoms with Gasteiger partial charge in [0.1, 0.15) is 29.1 Å². The molecular formula is C27H18F3NO5. The van der Waals surface area contributed by atoms with Crippen molar-refractivity contribution >= 4 is 33.9 Å². The van der Waals surface area contributed by atoms with Gasteiger partial charge < -0.3 is 14.3 Å². The number of benzene rings is 3. The van der Waals surface area contributed by atoms with Gasteiger partial charge in [-0.25, -0.2) is 0 Å². The zero-order valence-electron chi connectivity index (χ0n) is 18.7. The number of hydrogen-bond acceptors (Lipinski definition) is 5. The summed E-state index contributed by atoms with van der Waals surface area (Å²) in [5.41, 5.74) is 0.0521. The molecule has 1 aromatic heterocycles. The van der Waals surface area contributed by atoms with Crippen LogP contribution in [0.15, 0.2) is 88.9 Å². The molecule has 1 saturated heterocycles. The van der Waals surface area contributed by atoms with Crippen molar-refractivity contribution in [1.82, 2.24) is 0 Å². The number of fused-ring (bicyclic) bond motifs is 1. The predicted octanol–water partition coefficient (Wildman–Crippen LogP) is 6.27. The first-order valence-corrected chi connectivity index (χ1v) is 10.9. The zero-order valence-corrected chi connectivity index (χ0v) is 18.7. The lowest BCUT2D eigenvalue weighted by Crippen LogP contribution is -2.29. The molecule has 1 aliphatic heterocycles. The van der Waals surface area contributed by atoms with Crippen LogP contribution in [0.5, 0.6) is 5.75 Å². The molecule has 0 bridgehead atoms. The summed E-state index contributed by atoms with van der Waals surface area (Å²) in [6, 6.07) is 19.0. The number of aryl methyl sites for hydroxylation is 1. The fourth-order valence-corrected chi connectivity index (χ4v) is 4.38. The van der Waals surface area contributed by atoms with Gasteiger partial charge in [0.15, 0.2) is 0 Å². The van der Waals surface area contributed by atoms with Crippen molar-refractivity contribution in [2.75, 3.05) is 4.90 Å². The van der Waals surface area contributed by atoms with Gasteiger partial charge in [-0.05, 0) is 42.0 Å². The van der Waals surface area contributed by atoms with Gasteiger partial charge in [-0.2, -0.15) is 0 Å². The second kappa shape index (κ2) is 8.60. The number of halogens is 3. The van der Waals surface area contributed by atoms with Crippen LogP contribution in [0.1, 0.15) is 23.1 Å². The lowest BCUT2D eigenvalue weighted by Gasteiger charge is -2.24. The summed E-state index contributed by atoms with van der Waals surface area (Å²) >= 11 is 0. The number of ketones is 1. The number of aliphatic hydroxyl groups excluding tert-OH is 1. The molecule has 1 atom stereocenters. The Morgan fingerprint density at radius 1 is 0.972 bits per heavy atom. The minimum Gasteiger partial charge on any atom is -0.507 e. The largest absolute Gasteiger partial charge is 0.573 e. The van der Waals surface area contributed by atoms with Gasteiger partial charge in [0.2, 0.25) is 0 Å². The lowest BCUT2D eigenvalue weighted by molar-refractivity contribution is -0.274. The summed E-state index contributed by atoms with van der Waals surface area (Å²) in [6.45, 7) is 1.66. The van der Waals surface area contributed by atoms with Crippen LogP contribution in [0, 0.1) is 6.92 Å². The second-order valence-electron chi connectivity index (χ2n) is 8.19. The van der Waals surface area contributed by atoms with Crippen LogP contribution in [-0.4, -0.2) is 23.2 Å². The molecule has 5 rings (SSSR count). The van der Waals surface area contributed by atoms with E-state index in [4.69, 9.17) is 4.42 Å². The number of ether oxygens (including phenoxy) is 1. The first-order valence-electron chi connectivity index (χ1n) is 10.9. The molecule has 9 heteroatoms. The molecule has 6 nitrogen and oxygen atoms in total. The third-order valence-corrected chi connectivity index (χ3v) is 5.85. The van der Waals surface area contributed by atoms with Crippen molar-refractivity contribution in [1.29, 1.82) is 0 Å². The van der Waals surface area contributed by atoms with E-state index in [-0.39, 0.29) is 17.0 Å². The van der Waals surface area contributed by atoms with E-state index in [0.717, 1.165) is 22.4 Å². The number of hydrogen-bond donors (Lipinski definition) is 1. The van der Waals surface area contributed by atoms with Crippen LogP contribution in [0.25, 0.3) is 16.5 Å². The van der Waals surface area contributed by atoms with Crippen molar-refractivity contribution < 1.29 is 37.0 Å². The predicted molar refractivity (Wildman–Crippen MR) is 125 cm³/mol. The average Bonchev–Trinajstić information content (AvgIpc) is 3.38. The van der Waals surface area contributed by atoms with Crippen molar-refractivity contribution in [2.24, 2.45) is 0 Å². The van der Waals surface area contributed by atoms with Gasteiger partial charge in [-0.15, -0.1) is 13.2 Å². The molecular weight excluding hydrogens is 475 g/mol. The smallest absolute Gasteiger partial charge is 0.507 e. The van der Waals surface area contributed by atoms with Crippen LogP contribution in [0.3, 0.4) is 0 Å². The van der Waals surface area contributed by atoms with E-state index in [1.807, 2.05) is 18.2 Å². The summed E-state index contributed by atoms with van der Waals surface area (Å²) in [4.78, 5) is 27.5. The number of anilines is 1. The summed E-state index contributed by atoms with van der Waals surface area (Å²) in [7, 11) is 0. The van der Waals surface area contributed by atoms with Gasteiger partial charge in [0, 0.05) is 17.3 Å². The van der Waals surface area contributed by atoms with Crippen LogP contribution in [-0.2, 0) is 9.59 Å². The Hall–Kier alpha value is -4.53. The first kappa shape index (κ1) is 23.2. The monoisotopic (exact) mass is 493 g/mol. The second-order valence-corrected chi connectivity index (χ2v) is 8.19. The van der Waals surface area contributed by atoms with Gasteiger partial charge in [-0.1, -0.05) is 48.5 Å². The van der Waals surface area contributed by atoms with E-state index in [1.165, 1.54) is 12.1 Å². The molecule has 0 spiro atoms. The molecule has 1 fully saturated rings. The minimum atomic E-state index is -4.95. The third kappa shape index (κ3) is 4.08. The molecule has 2 heterocycles. The summed E-state index contributed by atoms with van der Waals surface area (Å²) in [5.74, 6) is -2.37. The molecule has 1 unspecified atom stereocenters. The average molecular weight is 493 g/mol. The summed E-state index contributed by atoms with van der Waals surface area (Å²) < 4.78 is 48.1. The molecule has 4 aromatic rings. The molecule has 1 N–H and O–H groups in total. The van der Waals surface area contributed by atoms with Crippen LogP contribution < -0.4 is 9.64 Å². The maximum absolute atomic E-state index is 13.3. The van der Waals surface area contributed by atoms with Crippen molar-refractivity contribution in [2.45, 2.75) is 19.3 Å². The van der Waals surface area contributed by atoms with E-state index in [0.29, 0.717) is 16.7 Å². The quantitative estimate of drug-likeness (QED) is 0.206. The Morgan fingerprint density at radius 3 is 2.42 bits per heavy atom. The number of Topliss-reactive ketones (excluding diaryl/α,β-unsaturated/α-hetero) is 1. The third-order valence-electron chi connectivity index (χ3n) is 5.85. The number of rotatable bonds is 4. The first-order chi connectivity index (χ1) is 17.1. The number of alkyl halides is 3. The zero-order chi connectivity index (χ0) is 25.6. The fourth-order valence-electron chi connectivity index (χ4n) is 4.38. The Labute approximate surface area is 202 Å². The van der Waals surface area contributed by atoms with Gasteiger partial charge in [0.05, 0.1) is 5.57 Å². The standard InChI is InChI=1S/C27H18F3NO5/c1-15-12-13-21(35-15)23-22(24(32)20-11-4-7-16-6-2-3-10-19(16)20)25(33)26(34)31(23)17-8-5-9-18(14-17)36-27(28,29)30/h2-14,23,32H,1H3/b24-22-. The van der Waals surface area contributed by atoms with E-state index in [2.05, 4.69) is 4.74 Å². The minimum absolute atomic E-state index is 0.0325. The van der Waals surface area contributed by atoms with Crippen LogP contribution >= 0.6 is 0 Å². The van der Waals surface area contributed by atoms with Gasteiger partial charge >= 0.3 is 6.36 Å². The SMILES string of the molecule is Cc1ccc(C2/C(=C(/O)c3cccc4ccccc34)C(=O)C(=O)N2c2cccc(OC(F)(F)F)c2)o1. The number of nitrogens with zero attached hydrogens (tertiary/aromatic N) is 1. The van der Waals surface area contributed by atoms with Crippen molar-refractivity contribution in [3.8, 4) is 5.75 Å². The highest BCUT2D eigenvalue weighted by Crippen LogP contribution is 2.44. The highest BCUT2D eigenvalue weighted by molar-refractivity contribution is 6.51. The number of aliphatic hydroxyl groups is 1. The normalized spacial score (nSPS) is 17.7. The van der Waals surface area contributed by atoms with Crippen molar-refractivity contribution in [3.05, 3.63) is 102 Å². The van der Waals surface area contributed by atoms with Crippen LogP contribution in [0.4, 0.5) is 18.9 Å². The summed E-state index contributed by atoms with van der Waals surface area (Å²) in [6.07, 6.45) is -4.95. The van der Waals surface area contributed by atoms with Gasteiger partial charge in [0.25, 0.3) is 11.7 Å². The van der Waals surface area contributed by atoms with Gasteiger partial charge in [-0.3, -0.25) is 14.5 Å². The highest BCUT2D eigenvalue weighted by atomic mass is 19.4. The maximum Gasteiger partial charge on any atom is 0.573 e. The highest BCUT2D eigenvalue weighted by Gasteiger charge is 2.48. The molecule has 3 aromatic carbocycles. The molecule has 182 valence electrons. The van der Waals surface area contributed by atoms with E-state index in [9.17, 15) is 27.9 Å². The Morgan fingerprint density at radius 2 is 1.69 bits per heavy atom. The Balaban J connectivity index is 1.71. The maximum atomic E-state index is 13.3. The molecule has 0 saturated carbocycles. The number of amides is 1. The molecule has 0 radical (unpaired) electrons.